The fourth-order valence-electron chi connectivity index (χ4n) is 9.04. The molecule has 3 heterocycles. The predicted molar refractivity (Wildman–Crippen MR) is 192 cm³/mol. The first-order chi connectivity index (χ1) is 24.1. The molecule has 2 amide bonds. The summed E-state index contributed by atoms with van der Waals surface area (Å²) in [6.07, 6.45) is 14.6. The van der Waals surface area contributed by atoms with Crippen LogP contribution in [0.1, 0.15) is 102 Å². The van der Waals surface area contributed by atoms with Crippen LogP contribution in [0.15, 0.2) is 48.9 Å². The van der Waals surface area contributed by atoms with Crippen LogP contribution in [0.25, 0.3) is 11.1 Å². The highest BCUT2D eigenvalue weighted by Crippen LogP contribution is 2.58. The lowest BCUT2D eigenvalue weighted by atomic mass is 9.51. The molecule has 3 aromatic rings. The molecule has 4 aliphatic carbocycles. The third-order valence-electron chi connectivity index (χ3n) is 12.4. The van der Waals surface area contributed by atoms with Crippen LogP contribution >= 0.6 is 0 Å². The molecule has 8 rings (SSSR count). The van der Waals surface area contributed by atoms with Gasteiger partial charge in [-0.3, -0.25) is 14.4 Å². The van der Waals surface area contributed by atoms with Crippen LogP contribution in [-0.4, -0.2) is 75.7 Å². The van der Waals surface area contributed by atoms with Gasteiger partial charge < -0.3 is 19.5 Å². The van der Waals surface area contributed by atoms with E-state index in [2.05, 4.69) is 56.3 Å². The van der Waals surface area contributed by atoms with Gasteiger partial charge in [0.15, 0.2) is 0 Å². The van der Waals surface area contributed by atoms with Crippen LogP contribution < -0.4 is 9.64 Å². The molecule has 268 valence electrons. The summed E-state index contributed by atoms with van der Waals surface area (Å²) in [5, 5.41) is 14.4. The quantitative estimate of drug-likeness (QED) is 0.253. The molecule has 50 heavy (non-hydrogen) atoms. The van der Waals surface area contributed by atoms with Gasteiger partial charge in [-0.2, -0.15) is 5.10 Å². The van der Waals surface area contributed by atoms with Gasteiger partial charge in [-0.15, -0.1) is 0 Å². The van der Waals surface area contributed by atoms with E-state index in [9.17, 15) is 14.7 Å². The largest absolute Gasteiger partial charge is 0.496 e. The summed E-state index contributed by atoms with van der Waals surface area (Å²) >= 11 is 0. The number of pyridine rings is 1. The molecule has 10 heteroatoms. The summed E-state index contributed by atoms with van der Waals surface area (Å²) < 4.78 is 13.3. The Labute approximate surface area is 296 Å². The zero-order valence-corrected chi connectivity index (χ0v) is 30.1. The molecule has 5 aliphatic rings. The average Bonchev–Trinajstić information content (AvgIpc) is 3.82. The molecule has 5 fully saturated rings. The lowest BCUT2D eigenvalue weighted by Crippen LogP contribution is -2.52. The van der Waals surface area contributed by atoms with Crippen molar-refractivity contribution in [2.45, 2.75) is 115 Å². The van der Waals surface area contributed by atoms with Crippen LogP contribution in [0.4, 0.5) is 10.6 Å². The lowest BCUT2D eigenvalue weighted by Gasteiger charge is -2.55. The fraction of sp³-hybridized carbons (Fsp3) is 0.600. The van der Waals surface area contributed by atoms with Gasteiger partial charge in [0.05, 0.1) is 19.4 Å². The number of methoxy groups -OCH3 is 1. The number of aliphatic hydroxyl groups is 1. The van der Waals surface area contributed by atoms with Gasteiger partial charge in [0.2, 0.25) is 5.91 Å². The summed E-state index contributed by atoms with van der Waals surface area (Å²) in [7, 11) is 1.73. The lowest BCUT2D eigenvalue weighted by molar-refractivity contribution is -0.124. The van der Waals surface area contributed by atoms with Crippen LogP contribution in [0.5, 0.6) is 5.75 Å². The molecular formula is C40H53N5O5. The Morgan fingerprint density at radius 1 is 1.00 bits per heavy atom. The van der Waals surface area contributed by atoms with Gasteiger partial charge in [0.1, 0.15) is 17.7 Å². The number of β-amino-alcohol motifs (C(OH)–C–C–N with tert-alkyl or cyclic N) is 1. The zero-order valence-electron chi connectivity index (χ0n) is 30.1. The fourth-order valence-corrected chi connectivity index (χ4v) is 9.04. The number of aromatic nitrogens is 3. The van der Waals surface area contributed by atoms with Crippen LogP contribution in [-0.2, 0) is 14.9 Å². The Bertz CT molecular complexity index is 1670. The van der Waals surface area contributed by atoms with E-state index >= 15 is 0 Å². The number of hydrogen-bond acceptors (Lipinski definition) is 7. The zero-order chi connectivity index (χ0) is 35.0. The Balaban J connectivity index is 1.09. The molecule has 1 aliphatic heterocycles. The van der Waals surface area contributed by atoms with Crippen molar-refractivity contribution in [1.82, 2.24) is 19.7 Å². The third kappa shape index (κ3) is 6.88. The van der Waals surface area contributed by atoms with E-state index in [1.165, 1.54) is 11.1 Å². The summed E-state index contributed by atoms with van der Waals surface area (Å²) in [6.45, 7) is 7.87. The molecule has 1 atom stereocenters. The third-order valence-corrected chi connectivity index (χ3v) is 12.4. The number of anilines is 1. The molecule has 4 saturated carbocycles. The SMILES string of the molecule is COc1ccc(C23CCC(CN(C(=O)C4CCC(OC(=O)N5CC[C@@H](O)C5)CC4)c4cc(-c5cnn(C(C)C)c5)ccn4)(CC2)CC3)cc1C. The number of carbonyl (C=O) groups is 2. The van der Waals surface area contributed by atoms with Crippen LogP contribution in [0, 0.1) is 18.3 Å². The smallest absolute Gasteiger partial charge is 0.410 e. The minimum Gasteiger partial charge on any atom is -0.496 e. The molecule has 1 saturated heterocycles. The topological polar surface area (TPSA) is 110 Å². The maximum Gasteiger partial charge on any atom is 0.410 e. The first-order valence-electron chi connectivity index (χ1n) is 18.7. The van der Waals surface area contributed by atoms with Gasteiger partial charge in [-0.05, 0) is 137 Å². The normalized spacial score (nSPS) is 27.8. The number of hydrogen-bond donors (Lipinski definition) is 1. The molecule has 2 aromatic heterocycles. The van der Waals surface area contributed by atoms with Crippen molar-refractivity contribution in [2.24, 2.45) is 11.3 Å². The van der Waals surface area contributed by atoms with E-state index < -0.39 is 6.10 Å². The molecule has 0 unspecified atom stereocenters. The Morgan fingerprint density at radius 3 is 2.36 bits per heavy atom. The standard InChI is InChI=1S/C40H53N5O5/c1-27(2)45-24-31(23-42-45)30-11-19-41-36(22-30)44(37(47)29-5-8-34(9-6-29)50-38(48)43-20-12-33(46)25-43)26-39-13-16-40(17-14-39,18-15-39)32-7-10-35(49-4)28(3)21-32/h7,10-11,19,21-24,27,29,33-34,46H,5-6,8-9,12-18,20,25-26H2,1-4H3/t29?,33-,34?,39?,40?/m1/s1. The maximum atomic E-state index is 14.7. The summed E-state index contributed by atoms with van der Waals surface area (Å²) in [5.41, 5.74) is 4.85. The Hall–Kier alpha value is -3.92. The molecule has 0 spiro atoms. The van der Waals surface area contributed by atoms with E-state index in [0.29, 0.717) is 57.6 Å². The molecule has 0 radical (unpaired) electrons. The number of amides is 2. The van der Waals surface area contributed by atoms with E-state index in [1.807, 2.05) is 28.0 Å². The number of likely N-dealkylation sites (tertiary alicyclic amines) is 1. The number of aliphatic hydroxyl groups excluding tert-OH is 1. The number of aryl methyl sites for hydroxylation is 1. The van der Waals surface area contributed by atoms with Gasteiger partial charge in [-0.25, -0.2) is 9.78 Å². The molecule has 1 aromatic carbocycles. The molecular weight excluding hydrogens is 630 g/mol. The highest BCUT2D eigenvalue weighted by molar-refractivity contribution is 5.95. The highest BCUT2D eigenvalue weighted by Gasteiger charge is 2.51. The van der Waals surface area contributed by atoms with Crippen molar-refractivity contribution in [2.75, 3.05) is 31.6 Å². The van der Waals surface area contributed by atoms with Crippen molar-refractivity contribution in [3.8, 4) is 16.9 Å². The number of fused-ring (bicyclic) bond motifs is 3. The second-order valence-corrected chi connectivity index (χ2v) is 15.8. The van der Waals surface area contributed by atoms with E-state index in [-0.39, 0.29) is 40.9 Å². The second-order valence-electron chi connectivity index (χ2n) is 15.8. The van der Waals surface area contributed by atoms with Gasteiger partial charge in [0.25, 0.3) is 0 Å². The van der Waals surface area contributed by atoms with Gasteiger partial charge >= 0.3 is 6.09 Å². The Kier molecular flexibility index (Phi) is 9.67. The number of rotatable bonds is 9. The van der Waals surface area contributed by atoms with Crippen molar-refractivity contribution >= 4 is 17.8 Å². The predicted octanol–water partition coefficient (Wildman–Crippen LogP) is 7.23. The summed E-state index contributed by atoms with van der Waals surface area (Å²) in [5.74, 6) is 1.61. The summed E-state index contributed by atoms with van der Waals surface area (Å²) in [6, 6.07) is 11.0. The minimum absolute atomic E-state index is 0.0478. The van der Waals surface area contributed by atoms with E-state index in [1.54, 1.807) is 12.0 Å². The molecule has 2 bridgehead atoms. The van der Waals surface area contributed by atoms with E-state index in [0.717, 1.165) is 55.4 Å². The maximum absolute atomic E-state index is 14.7. The molecule has 1 N–H and O–H groups in total. The minimum atomic E-state index is -0.476. The van der Waals surface area contributed by atoms with Crippen molar-refractivity contribution in [1.29, 1.82) is 0 Å². The Morgan fingerprint density at radius 2 is 1.74 bits per heavy atom. The van der Waals surface area contributed by atoms with Crippen molar-refractivity contribution in [3.63, 3.8) is 0 Å². The van der Waals surface area contributed by atoms with Crippen molar-refractivity contribution in [3.05, 3.63) is 60.0 Å². The van der Waals surface area contributed by atoms with E-state index in [4.69, 9.17) is 14.5 Å². The first kappa shape index (κ1) is 34.5. The first-order valence-corrected chi connectivity index (χ1v) is 18.7. The monoisotopic (exact) mass is 683 g/mol. The second kappa shape index (κ2) is 14.0. The van der Waals surface area contributed by atoms with Gasteiger partial charge in [0, 0.05) is 49.6 Å². The average molecular weight is 684 g/mol. The number of nitrogens with zero attached hydrogens (tertiary/aromatic N) is 5. The van der Waals surface area contributed by atoms with Crippen LogP contribution in [0.2, 0.25) is 0 Å². The van der Waals surface area contributed by atoms with Gasteiger partial charge in [-0.1, -0.05) is 12.1 Å². The molecule has 10 nitrogen and oxygen atoms in total. The van der Waals surface area contributed by atoms with Crippen LogP contribution in [0.3, 0.4) is 0 Å². The number of ether oxygens (including phenoxy) is 2. The number of benzene rings is 1. The van der Waals surface area contributed by atoms with Crippen molar-refractivity contribution < 1.29 is 24.2 Å². The number of carbonyl (C=O) groups excluding carboxylic acids is 2. The highest BCUT2D eigenvalue weighted by atomic mass is 16.6. The summed E-state index contributed by atoms with van der Waals surface area (Å²) in [4.78, 5) is 35.8.